The average Bonchev–Trinajstić information content (AvgIpc) is 3.32. The lowest BCUT2D eigenvalue weighted by atomic mass is 9.97. The van der Waals surface area contributed by atoms with Crippen LogP contribution in [-0.4, -0.2) is 54.8 Å². The Labute approximate surface area is 202 Å². The number of rotatable bonds is 9. The molecule has 0 bridgehead atoms. The van der Waals surface area contributed by atoms with Gasteiger partial charge in [-0.1, -0.05) is 24.3 Å². The molecular weight excluding hydrogens is 428 g/mol. The van der Waals surface area contributed by atoms with Gasteiger partial charge in [0.15, 0.2) is 0 Å². The Balaban J connectivity index is 1.32. The molecule has 1 atom stereocenters. The Hall–Kier alpha value is -2.99. The number of fused-ring (bicyclic) bond motifs is 1. The maximum atomic E-state index is 12.7. The number of ether oxygens (including phenoxy) is 3. The van der Waals surface area contributed by atoms with E-state index in [1.807, 2.05) is 81.6 Å². The quantitative estimate of drug-likeness (QED) is 0.436. The molecule has 1 unspecified atom stereocenters. The molecule has 1 saturated heterocycles. The van der Waals surface area contributed by atoms with Crippen LogP contribution >= 0.6 is 0 Å². The Kier molecular flexibility index (Phi) is 7.78. The van der Waals surface area contributed by atoms with Gasteiger partial charge >= 0.3 is 5.97 Å². The number of nitrogens with one attached hydrogen (secondary N) is 1. The number of benzene rings is 2. The summed E-state index contributed by atoms with van der Waals surface area (Å²) in [6.45, 7) is 9.29. The number of hydrogen-bond acceptors (Lipinski definition) is 5. The summed E-state index contributed by atoms with van der Waals surface area (Å²) in [4.78, 5) is 18.2. The topological polar surface area (TPSA) is 63.8 Å². The molecule has 0 spiro atoms. The number of para-hydroxylation sites is 1. The number of carbonyl (C=O) groups excluding carboxylic acids is 1. The molecule has 1 N–H and O–H groups in total. The summed E-state index contributed by atoms with van der Waals surface area (Å²) >= 11 is 0. The van der Waals surface area contributed by atoms with E-state index in [9.17, 15) is 4.79 Å². The molecule has 182 valence electrons. The fourth-order valence-corrected chi connectivity index (χ4v) is 4.17. The summed E-state index contributed by atoms with van der Waals surface area (Å²) in [5, 5.41) is 1.03. The third kappa shape index (κ3) is 6.54. The lowest BCUT2D eigenvalue weighted by Gasteiger charge is -2.34. The summed E-state index contributed by atoms with van der Waals surface area (Å²) in [5.74, 6) is 2.06. The van der Waals surface area contributed by atoms with Crippen molar-refractivity contribution in [1.82, 2.24) is 9.88 Å². The molecule has 6 heteroatoms. The van der Waals surface area contributed by atoms with E-state index in [1.165, 1.54) is 0 Å². The predicted molar refractivity (Wildman–Crippen MR) is 134 cm³/mol. The zero-order valence-corrected chi connectivity index (χ0v) is 20.5. The van der Waals surface area contributed by atoms with Crippen molar-refractivity contribution >= 4 is 16.9 Å². The van der Waals surface area contributed by atoms with Gasteiger partial charge < -0.3 is 19.2 Å². The van der Waals surface area contributed by atoms with Crippen LogP contribution in [0.2, 0.25) is 0 Å². The van der Waals surface area contributed by atoms with E-state index in [0.29, 0.717) is 19.1 Å². The van der Waals surface area contributed by atoms with E-state index in [4.69, 9.17) is 14.2 Å². The second kappa shape index (κ2) is 11.0. The van der Waals surface area contributed by atoms with E-state index in [2.05, 4.69) is 9.88 Å². The minimum Gasteiger partial charge on any atom is -0.493 e. The third-order valence-corrected chi connectivity index (χ3v) is 6.26. The number of H-pyrrole nitrogens is 1. The minimum atomic E-state index is -0.555. The second-order valence-corrected chi connectivity index (χ2v) is 10.2. The van der Waals surface area contributed by atoms with Crippen molar-refractivity contribution in [2.75, 3.05) is 32.8 Å². The van der Waals surface area contributed by atoms with Crippen LogP contribution in [0.15, 0.2) is 60.8 Å². The van der Waals surface area contributed by atoms with Gasteiger partial charge in [0.1, 0.15) is 24.2 Å². The first-order chi connectivity index (χ1) is 16.4. The van der Waals surface area contributed by atoms with Gasteiger partial charge in [-0.05, 0) is 83.0 Å². The molecule has 3 aromatic rings. The van der Waals surface area contributed by atoms with Crippen molar-refractivity contribution in [2.45, 2.75) is 39.7 Å². The lowest BCUT2D eigenvalue weighted by Crippen LogP contribution is -2.44. The van der Waals surface area contributed by atoms with Crippen LogP contribution in [0, 0.1) is 11.3 Å². The Bertz CT molecular complexity index is 1050. The van der Waals surface area contributed by atoms with Crippen molar-refractivity contribution < 1.29 is 19.0 Å². The van der Waals surface area contributed by atoms with Crippen LogP contribution in [0.25, 0.3) is 10.9 Å². The van der Waals surface area contributed by atoms with Crippen molar-refractivity contribution in [3.05, 3.63) is 60.8 Å². The zero-order valence-electron chi connectivity index (χ0n) is 20.5. The number of aromatic nitrogens is 1. The van der Waals surface area contributed by atoms with Gasteiger partial charge in [-0.25, -0.2) is 0 Å². The zero-order chi connectivity index (χ0) is 24.0. The van der Waals surface area contributed by atoms with Crippen molar-refractivity contribution in [3.8, 4) is 11.5 Å². The molecule has 0 aliphatic carbocycles. The van der Waals surface area contributed by atoms with E-state index in [1.54, 1.807) is 0 Å². The molecule has 1 aliphatic rings. The van der Waals surface area contributed by atoms with Gasteiger partial charge in [0.25, 0.3) is 0 Å². The summed E-state index contributed by atoms with van der Waals surface area (Å²) in [6, 6.07) is 17.9. The van der Waals surface area contributed by atoms with Crippen molar-refractivity contribution in [2.24, 2.45) is 11.3 Å². The predicted octanol–water partition coefficient (Wildman–Crippen LogP) is 5.30. The van der Waals surface area contributed by atoms with Crippen LogP contribution in [-0.2, 0) is 9.53 Å². The van der Waals surface area contributed by atoms with Gasteiger partial charge in [-0.15, -0.1) is 0 Å². The number of nitrogens with zero attached hydrogens (tertiary/aromatic N) is 1. The van der Waals surface area contributed by atoms with Crippen LogP contribution < -0.4 is 9.47 Å². The van der Waals surface area contributed by atoms with Gasteiger partial charge in [-0.3, -0.25) is 9.69 Å². The molecule has 1 fully saturated rings. The first kappa shape index (κ1) is 24.1. The number of aromatic amines is 1. The Morgan fingerprint density at radius 1 is 1.03 bits per heavy atom. The number of hydrogen-bond donors (Lipinski definition) is 1. The maximum Gasteiger partial charge on any atom is 0.311 e. The highest BCUT2D eigenvalue weighted by atomic mass is 16.6. The Morgan fingerprint density at radius 3 is 2.53 bits per heavy atom. The molecule has 6 nitrogen and oxygen atoms in total. The molecule has 4 rings (SSSR count). The highest BCUT2D eigenvalue weighted by molar-refractivity contribution is 5.85. The van der Waals surface area contributed by atoms with Gasteiger partial charge in [0, 0.05) is 23.6 Å². The molecule has 0 amide bonds. The second-order valence-electron chi connectivity index (χ2n) is 10.2. The molecular formula is C28H36N2O4. The van der Waals surface area contributed by atoms with E-state index in [-0.39, 0.29) is 12.1 Å². The molecule has 2 heterocycles. The molecule has 1 aromatic heterocycles. The first-order valence-corrected chi connectivity index (χ1v) is 12.2. The van der Waals surface area contributed by atoms with Crippen LogP contribution in [0.4, 0.5) is 0 Å². The molecule has 0 saturated carbocycles. The maximum absolute atomic E-state index is 12.7. The molecule has 34 heavy (non-hydrogen) atoms. The fourth-order valence-electron chi connectivity index (χ4n) is 4.17. The van der Waals surface area contributed by atoms with Gasteiger partial charge in [-0.2, -0.15) is 0 Å². The monoisotopic (exact) mass is 464 g/mol. The van der Waals surface area contributed by atoms with E-state index < -0.39 is 5.41 Å². The van der Waals surface area contributed by atoms with E-state index in [0.717, 1.165) is 54.9 Å². The lowest BCUT2D eigenvalue weighted by molar-refractivity contribution is -0.161. The number of likely N-dealkylation sites (tertiary alicyclic amines) is 1. The van der Waals surface area contributed by atoms with Crippen LogP contribution in [0.3, 0.4) is 0 Å². The number of piperidine rings is 1. The Morgan fingerprint density at radius 2 is 1.79 bits per heavy atom. The smallest absolute Gasteiger partial charge is 0.311 e. The molecule has 1 aliphatic heterocycles. The summed E-state index contributed by atoms with van der Waals surface area (Å²) in [5.41, 5.74) is 0.473. The first-order valence-electron chi connectivity index (χ1n) is 12.2. The van der Waals surface area contributed by atoms with Gasteiger partial charge in [0.2, 0.25) is 0 Å². The van der Waals surface area contributed by atoms with Gasteiger partial charge in [0.05, 0.1) is 12.0 Å². The SMILES string of the molecule is CC(C)(C)C(=O)OC(COc1cccc2[nH]ccc12)CN1CCC(COc2ccccc2)CC1. The average molecular weight is 465 g/mol. The van der Waals surface area contributed by atoms with Crippen molar-refractivity contribution in [1.29, 1.82) is 0 Å². The normalized spacial score (nSPS) is 16.3. The highest BCUT2D eigenvalue weighted by Crippen LogP contribution is 2.26. The number of carbonyl (C=O) groups is 1. The standard InChI is InChI=1S/C28H36N2O4/c1-28(2,3)27(31)34-23(20-33-26-11-7-10-25-24(26)12-15-29-25)18-30-16-13-21(14-17-30)19-32-22-8-5-4-6-9-22/h4-12,15,21,23,29H,13-14,16-20H2,1-3H3. The minimum absolute atomic E-state index is 0.202. The molecule has 2 aromatic carbocycles. The summed E-state index contributed by atoms with van der Waals surface area (Å²) < 4.78 is 18.0. The largest absolute Gasteiger partial charge is 0.493 e. The van der Waals surface area contributed by atoms with E-state index >= 15 is 0 Å². The number of esters is 1. The van der Waals surface area contributed by atoms with Crippen molar-refractivity contribution in [3.63, 3.8) is 0 Å². The fraction of sp³-hybridized carbons (Fsp3) is 0.464. The molecule has 0 radical (unpaired) electrons. The highest BCUT2D eigenvalue weighted by Gasteiger charge is 2.29. The summed E-state index contributed by atoms with van der Waals surface area (Å²) in [6.07, 6.45) is 3.70. The third-order valence-electron chi connectivity index (χ3n) is 6.26. The summed E-state index contributed by atoms with van der Waals surface area (Å²) in [7, 11) is 0. The van der Waals surface area contributed by atoms with Crippen LogP contribution in [0.5, 0.6) is 11.5 Å². The van der Waals surface area contributed by atoms with Crippen LogP contribution in [0.1, 0.15) is 33.6 Å².